The summed E-state index contributed by atoms with van der Waals surface area (Å²) in [4.78, 5) is 12.8. The van der Waals surface area contributed by atoms with E-state index in [9.17, 15) is 4.79 Å². The number of aryl methyl sites for hydroxylation is 1. The van der Waals surface area contributed by atoms with Gasteiger partial charge in [0.15, 0.2) is 5.78 Å². The van der Waals surface area contributed by atoms with E-state index in [1.807, 2.05) is 6.92 Å². The maximum absolute atomic E-state index is 12.8. The lowest BCUT2D eigenvalue weighted by Crippen LogP contribution is -2.42. The van der Waals surface area contributed by atoms with Crippen LogP contribution in [0.2, 0.25) is 0 Å². The highest BCUT2D eigenvalue weighted by Crippen LogP contribution is 2.32. The standard InChI is InChI=1S/C18H26O2/c1-3-20-18(12-6-4-5-7-13-18)17(19)14-16-10-8-15(2)9-11-16/h8-11H,3-7,12-14H2,1-2H3. The van der Waals surface area contributed by atoms with Crippen LogP contribution in [0.5, 0.6) is 0 Å². The van der Waals surface area contributed by atoms with Crippen LogP contribution in [-0.4, -0.2) is 18.0 Å². The fraction of sp³-hybridized carbons (Fsp3) is 0.611. The fourth-order valence-corrected chi connectivity index (χ4v) is 3.13. The van der Waals surface area contributed by atoms with Crippen LogP contribution in [0.1, 0.15) is 56.6 Å². The van der Waals surface area contributed by atoms with Crippen molar-refractivity contribution in [3.05, 3.63) is 35.4 Å². The molecule has 0 heterocycles. The molecule has 0 aromatic heterocycles. The van der Waals surface area contributed by atoms with Crippen molar-refractivity contribution in [2.75, 3.05) is 6.61 Å². The zero-order chi connectivity index (χ0) is 14.4. The van der Waals surface area contributed by atoms with Crippen LogP contribution < -0.4 is 0 Å². The molecule has 2 heteroatoms. The summed E-state index contributed by atoms with van der Waals surface area (Å²) in [6.45, 7) is 4.68. The topological polar surface area (TPSA) is 26.3 Å². The van der Waals surface area contributed by atoms with Gasteiger partial charge < -0.3 is 4.74 Å². The molecule has 0 amide bonds. The lowest BCUT2D eigenvalue weighted by atomic mass is 9.86. The van der Waals surface area contributed by atoms with Gasteiger partial charge in [0.1, 0.15) is 5.60 Å². The molecule has 0 spiro atoms. The molecule has 1 aliphatic carbocycles. The Kier molecular flexibility index (Phi) is 5.36. The predicted octanol–water partition coefficient (Wildman–Crippen LogP) is 4.24. The van der Waals surface area contributed by atoms with Gasteiger partial charge in [0.2, 0.25) is 0 Å². The molecule has 1 aromatic carbocycles. The highest BCUT2D eigenvalue weighted by atomic mass is 16.5. The molecule has 0 N–H and O–H groups in total. The Morgan fingerprint density at radius 2 is 1.70 bits per heavy atom. The number of Topliss-reactive ketones (excluding diaryl/α,β-unsaturated/α-hetero) is 1. The molecule has 0 saturated heterocycles. The van der Waals surface area contributed by atoms with E-state index < -0.39 is 5.60 Å². The SMILES string of the molecule is CCOC1(C(=O)Cc2ccc(C)cc2)CCCCCC1. The van der Waals surface area contributed by atoms with Crippen molar-refractivity contribution in [1.29, 1.82) is 0 Å². The van der Waals surface area contributed by atoms with Crippen LogP contribution >= 0.6 is 0 Å². The van der Waals surface area contributed by atoms with Crippen molar-refractivity contribution in [3.8, 4) is 0 Å². The molecule has 2 rings (SSSR count). The van der Waals surface area contributed by atoms with E-state index in [-0.39, 0.29) is 5.78 Å². The van der Waals surface area contributed by atoms with Crippen molar-refractivity contribution < 1.29 is 9.53 Å². The number of ketones is 1. The summed E-state index contributed by atoms with van der Waals surface area (Å²) in [7, 11) is 0. The normalized spacial score (nSPS) is 18.5. The number of ether oxygens (including phenoxy) is 1. The maximum atomic E-state index is 12.8. The third-order valence-corrected chi connectivity index (χ3v) is 4.33. The molecule has 1 aliphatic rings. The largest absolute Gasteiger partial charge is 0.367 e. The van der Waals surface area contributed by atoms with E-state index in [2.05, 4.69) is 31.2 Å². The summed E-state index contributed by atoms with van der Waals surface area (Å²) >= 11 is 0. The highest BCUT2D eigenvalue weighted by Gasteiger charge is 2.38. The average Bonchev–Trinajstić information content (AvgIpc) is 2.68. The first-order valence-electron chi connectivity index (χ1n) is 7.89. The fourth-order valence-electron chi connectivity index (χ4n) is 3.13. The molecule has 1 fully saturated rings. The van der Waals surface area contributed by atoms with Gasteiger partial charge in [0, 0.05) is 13.0 Å². The molecule has 1 aromatic rings. The zero-order valence-corrected chi connectivity index (χ0v) is 12.8. The van der Waals surface area contributed by atoms with Crippen molar-refractivity contribution in [3.63, 3.8) is 0 Å². The predicted molar refractivity (Wildman–Crippen MR) is 81.9 cm³/mol. The molecule has 0 radical (unpaired) electrons. The van der Waals surface area contributed by atoms with Gasteiger partial charge in [0.05, 0.1) is 0 Å². The Morgan fingerprint density at radius 1 is 1.10 bits per heavy atom. The van der Waals surface area contributed by atoms with E-state index in [1.165, 1.54) is 18.4 Å². The van der Waals surface area contributed by atoms with E-state index in [4.69, 9.17) is 4.74 Å². The Morgan fingerprint density at radius 3 is 2.25 bits per heavy atom. The maximum Gasteiger partial charge on any atom is 0.168 e. The second kappa shape index (κ2) is 7.03. The number of carbonyl (C=O) groups is 1. The van der Waals surface area contributed by atoms with Gasteiger partial charge in [0.25, 0.3) is 0 Å². The highest BCUT2D eigenvalue weighted by molar-refractivity contribution is 5.89. The number of hydrogen-bond donors (Lipinski definition) is 0. The van der Waals surface area contributed by atoms with Gasteiger partial charge in [-0.3, -0.25) is 4.79 Å². The second-order valence-electron chi connectivity index (χ2n) is 5.93. The Bertz CT molecular complexity index is 425. The van der Waals surface area contributed by atoms with Gasteiger partial charge >= 0.3 is 0 Å². The van der Waals surface area contributed by atoms with Crippen LogP contribution in [0.3, 0.4) is 0 Å². The lowest BCUT2D eigenvalue weighted by molar-refractivity contribution is -0.145. The summed E-state index contributed by atoms with van der Waals surface area (Å²) in [6.07, 6.45) is 6.97. The lowest BCUT2D eigenvalue weighted by Gasteiger charge is -2.31. The summed E-state index contributed by atoms with van der Waals surface area (Å²) < 4.78 is 5.96. The Balaban J connectivity index is 2.11. The molecule has 110 valence electrons. The monoisotopic (exact) mass is 274 g/mol. The summed E-state index contributed by atoms with van der Waals surface area (Å²) in [5.41, 5.74) is 1.81. The first-order chi connectivity index (χ1) is 9.66. The molecular weight excluding hydrogens is 248 g/mol. The smallest absolute Gasteiger partial charge is 0.168 e. The van der Waals surface area contributed by atoms with Gasteiger partial charge in [-0.1, -0.05) is 55.5 Å². The van der Waals surface area contributed by atoms with Crippen LogP contribution in [0.25, 0.3) is 0 Å². The summed E-state index contributed by atoms with van der Waals surface area (Å²) in [5, 5.41) is 0. The molecular formula is C18H26O2. The van der Waals surface area contributed by atoms with E-state index in [0.29, 0.717) is 13.0 Å². The number of benzene rings is 1. The van der Waals surface area contributed by atoms with Crippen molar-refractivity contribution in [2.45, 2.75) is 64.4 Å². The number of carbonyl (C=O) groups excluding carboxylic acids is 1. The van der Waals surface area contributed by atoms with Crippen LogP contribution in [0.15, 0.2) is 24.3 Å². The van der Waals surface area contributed by atoms with E-state index in [1.54, 1.807) is 0 Å². The van der Waals surface area contributed by atoms with Crippen molar-refractivity contribution >= 4 is 5.78 Å². The molecule has 2 nitrogen and oxygen atoms in total. The summed E-state index contributed by atoms with van der Waals surface area (Å²) in [5.74, 6) is 0.269. The van der Waals surface area contributed by atoms with Gasteiger partial charge in [-0.05, 0) is 32.3 Å². The van der Waals surface area contributed by atoms with E-state index in [0.717, 1.165) is 31.2 Å². The van der Waals surface area contributed by atoms with E-state index >= 15 is 0 Å². The molecule has 0 aliphatic heterocycles. The molecule has 20 heavy (non-hydrogen) atoms. The minimum atomic E-state index is -0.518. The number of hydrogen-bond acceptors (Lipinski definition) is 2. The van der Waals surface area contributed by atoms with Crippen LogP contribution in [0, 0.1) is 6.92 Å². The first-order valence-corrected chi connectivity index (χ1v) is 7.89. The second-order valence-corrected chi connectivity index (χ2v) is 5.93. The third kappa shape index (κ3) is 3.69. The van der Waals surface area contributed by atoms with Crippen LogP contribution in [0.4, 0.5) is 0 Å². The molecule has 0 unspecified atom stereocenters. The summed E-state index contributed by atoms with van der Waals surface area (Å²) in [6, 6.07) is 8.26. The number of rotatable bonds is 5. The third-order valence-electron chi connectivity index (χ3n) is 4.33. The van der Waals surface area contributed by atoms with Crippen LogP contribution in [-0.2, 0) is 16.0 Å². The van der Waals surface area contributed by atoms with Crippen molar-refractivity contribution in [2.24, 2.45) is 0 Å². The van der Waals surface area contributed by atoms with Crippen molar-refractivity contribution in [1.82, 2.24) is 0 Å². The first kappa shape index (κ1) is 15.2. The molecule has 1 saturated carbocycles. The minimum absolute atomic E-state index is 0.269. The average molecular weight is 274 g/mol. The zero-order valence-electron chi connectivity index (χ0n) is 12.8. The molecule has 0 bridgehead atoms. The van der Waals surface area contributed by atoms with Gasteiger partial charge in [-0.2, -0.15) is 0 Å². The minimum Gasteiger partial charge on any atom is -0.367 e. The Hall–Kier alpha value is -1.15. The quantitative estimate of drug-likeness (QED) is 0.751. The molecule has 0 atom stereocenters. The Labute approximate surface area is 122 Å². The van der Waals surface area contributed by atoms with Gasteiger partial charge in [-0.15, -0.1) is 0 Å². The van der Waals surface area contributed by atoms with Gasteiger partial charge in [-0.25, -0.2) is 0 Å².